The molecule has 1 aromatic carbocycles. The lowest BCUT2D eigenvalue weighted by atomic mass is 10.1. The van der Waals surface area contributed by atoms with E-state index >= 15 is 0 Å². The minimum absolute atomic E-state index is 0.0613. The van der Waals surface area contributed by atoms with E-state index < -0.39 is 5.82 Å². The van der Waals surface area contributed by atoms with E-state index in [4.69, 9.17) is 17.3 Å². The summed E-state index contributed by atoms with van der Waals surface area (Å²) < 4.78 is 15.5. The average Bonchev–Trinajstić information content (AvgIpc) is 2.56. The molecule has 3 nitrogen and oxygen atoms in total. The second-order valence-electron chi connectivity index (χ2n) is 3.32. The summed E-state index contributed by atoms with van der Waals surface area (Å²) in [5.41, 5.74) is 7.12. The Morgan fingerprint density at radius 1 is 1.50 bits per heavy atom. The Morgan fingerprint density at radius 3 is 2.69 bits per heavy atom. The number of hydrogen-bond donors (Lipinski definition) is 1. The summed E-state index contributed by atoms with van der Waals surface area (Å²) in [6.07, 6.45) is 1.59. The summed E-state index contributed by atoms with van der Waals surface area (Å²) in [6, 6.07) is 3.04. The van der Waals surface area contributed by atoms with Gasteiger partial charge in [-0.15, -0.1) is 0 Å². The predicted molar refractivity (Wildman–Crippen MR) is 65.7 cm³/mol. The van der Waals surface area contributed by atoms with Crippen molar-refractivity contribution in [2.24, 2.45) is 7.05 Å². The van der Waals surface area contributed by atoms with E-state index in [0.29, 0.717) is 21.4 Å². The fourth-order valence-electron chi connectivity index (χ4n) is 1.38. The summed E-state index contributed by atoms with van der Waals surface area (Å²) in [5.74, 6) is -0.0112. The zero-order chi connectivity index (χ0) is 11.9. The van der Waals surface area contributed by atoms with Crippen LogP contribution < -0.4 is 5.73 Å². The smallest absolute Gasteiger partial charge is 0.143 e. The molecular weight excluding hydrogens is 296 g/mol. The van der Waals surface area contributed by atoms with Crippen LogP contribution in [0.4, 0.5) is 10.2 Å². The number of benzene rings is 1. The minimum atomic E-state index is -0.491. The first kappa shape index (κ1) is 11.4. The number of aromatic nitrogens is 2. The van der Waals surface area contributed by atoms with Crippen LogP contribution in [0.2, 0.25) is 5.02 Å². The number of aryl methyl sites for hydroxylation is 1. The third kappa shape index (κ3) is 1.81. The van der Waals surface area contributed by atoms with Crippen LogP contribution in [0.25, 0.3) is 11.1 Å². The first-order chi connectivity index (χ1) is 7.50. The molecule has 0 saturated heterocycles. The molecule has 0 saturated carbocycles. The van der Waals surface area contributed by atoms with Gasteiger partial charge in [0, 0.05) is 17.1 Å². The Morgan fingerprint density at radius 2 is 2.19 bits per heavy atom. The van der Waals surface area contributed by atoms with E-state index in [0.717, 1.165) is 0 Å². The number of nitrogens with two attached hydrogens (primary N) is 1. The number of anilines is 1. The van der Waals surface area contributed by atoms with Gasteiger partial charge in [-0.1, -0.05) is 11.6 Å². The monoisotopic (exact) mass is 303 g/mol. The standard InChI is InChI=1S/C10H8BrClFN3/c1-16-10(14)6(4-15-16)5-2-7(11)9(12)8(13)3-5/h2-4H,14H2,1H3. The molecule has 0 bridgehead atoms. The Kier molecular flexibility index (Phi) is 2.90. The van der Waals surface area contributed by atoms with Gasteiger partial charge in [0.15, 0.2) is 0 Å². The van der Waals surface area contributed by atoms with Gasteiger partial charge in [-0.25, -0.2) is 4.39 Å². The fraction of sp³-hybridized carbons (Fsp3) is 0.100. The van der Waals surface area contributed by atoms with Crippen LogP contribution in [-0.2, 0) is 7.05 Å². The largest absolute Gasteiger partial charge is 0.383 e. The maximum absolute atomic E-state index is 13.4. The minimum Gasteiger partial charge on any atom is -0.383 e. The molecule has 2 aromatic rings. The lowest BCUT2D eigenvalue weighted by Crippen LogP contribution is -1.98. The lowest BCUT2D eigenvalue weighted by Gasteiger charge is -2.04. The van der Waals surface area contributed by atoms with Gasteiger partial charge in [0.2, 0.25) is 0 Å². The molecule has 1 heterocycles. The number of rotatable bonds is 1. The quantitative estimate of drug-likeness (QED) is 0.822. The molecule has 16 heavy (non-hydrogen) atoms. The van der Waals surface area contributed by atoms with Gasteiger partial charge in [0.1, 0.15) is 11.6 Å². The van der Waals surface area contributed by atoms with E-state index in [9.17, 15) is 4.39 Å². The van der Waals surface area contributed by atoms with Gasteiger partial charge in [-0.3, -0.25) is 4.68 Å². The predicted octanol–water partition coefficient (Wildman–Crippen LogP) is 3.22. The number of halogens is 3. The molecule has 2 N–H and O–H groups in total. The lowest BCUT2D eigenvalue weighted by molar-refractivity contribution is 0.628. The molecule has 0 spiro atoms. The van der Waals surface area contributed by atoms with Crippen LogP contribution in [0.5, 0.6) is 0 Å². The summed E-state index contributed by atoms with van der Waals surface area (Å²) in [6.45, 7) is 0. The summed E-state index contributed by atoms with van der Waals surface area (Å²) in [5, 5.41) is 4.06. The van der Waals surface area contributed by atoms with Crippen molar-refractivity contribution in [3.8, 4) is 11.1 Å². The Balaban J connectivity index is 2.61. The van der Waals surface area contributed by atoms with Crippen LogP contribution in [0, 0.1) is 5.82 Å². The first-order valence-corrected chi connectivity index (χ1v) is 5.60. The second-order valence-corrected chi connectivity index (χ2v) is 4.55. The highest BCUT2D eigenvalue weighted by molar-refractivity contribution is 9.10. The van der Waals surface area contributed by atoms with E-state index in [-0.39, 0.29) is 5.02 Å². The third-order valence-electron chi connectivity index (χ3n) is 2.28. The summed E-state index contributed by atoms with van der Waals surface area (Å²) in [7, 11) is 1.72. The molecule has 84 valence electrons. The Bertz CT molecular complexity index is 530. The van der Waals surface area contributed by atoms with E-state index in [1.165, 1.54) is 10.7 Å². The molecule has 0 atom stereocenters. The molecule has 0 fully saturated rings. The van der Waals surface area contributed by atoms with Crippen LogP contribution in [0.1, 0.15) is 0 Å². The van der Waals surface area contributed by atoms with Gasteiger partial charge in [-0.2, -0.15) is 5.10 Å². The molecule has 0 radical (unpaired) electrons. The molecule has 1 aromatic heterocycles. The fourth-order valence-corrected chi connectivity index (χ4v) is 1.93. The second kappa shape index (κ2) is 4.07. The highest BCUT2D eigenvalue weighted by Gasteiger charge is 2.12. The van der Waals surface area contributed by atoms with Crippen molar-refractivity contribution in [2.75, 3.05) is 5.73 Å². The highest BCUT2D eigenvalue weighted by atomic mass is 79.9. The number of nitrogen functional groups attached to an aromatic ring is 1. The van der Waals surface area contributed by atoms with Crippen LogP contribution in [0.15, 0.2) is 22.8 Å². The van der Waals surface area contributed by atoms with Crippen LogP contribution >= 0.6 is 27.5 Å². The maximum atomic E-state index is 13.4. The van der Waals surface area contributed by atoms with E-state index in [1.807, 2.05) is 0 Å². The van der Waals surface area contributed by atoms with Crippen molar-refractivity contribution in [1.29, 1.82) is 0 Å². The maximum Gasteiger partial charge on any atom is 0.143 e. The van der Waals surface area contributed by atoms with Crippen LogP contribution in [0.3, 0.4) is 0 Å². The van der Waals surface area contributed by atoms with Crippen molar-refractivity contribution in [3.63, 3.8) is 0 Å². The summed E-state index contributed by atoms with van der Waals surface area (Å²) >= 11 is 8.89. The highest BCUT2D eigenvalue weighted by Crippen LogP contribution is 2.33. The van der Waals surface area contributed by atoms with Crippen molar-refractivity contribution in [2.45, 2.75) is 0 Å². The summed E-state index contributed by atoms with van der Waals surface area (Å²) in [4.78, 5) is 0. The zero-order valence-corrected chi connectivity index (χ0v) is 10.7. The molecular formula is C10H8BrClFN3. The molecule has 0 aliphatic heterocycles. The normalized spacial score (nSPS) is 10.8. The molecule has 0 aliphatic rings. The molecule has 2 rings (SSSR count). The molecule has 6 heteroatoms. The van der Waals surface area contributed by atoms with E-state index in [2.05, 4.69) is 21.0 Å². The average molecular weight is 305 g/mol. The van der Waals surface area contributed by atoms with Gasteiger partial charge < -0.3 is 5.73 Å². The van der Waals surface area contributed by atoms with Crippen molar-refractivity contribution in [3.05, 3.63) is 33.6 Å². The SMILES string of the molecule is Cn1ncc(-c2cc(F)c(Cl)c(Br)c2)c1N. The molecule has 0 aliphatic carbocycles. The molecule has 0 amide bonds. The number of hydrogen-bond acceptors (Lipinski definition) is 2. The Hall–Kier alpha value is -1.07. The van der Waals surface area contributed by atoms with Crippen molar-refractivity contribution < 1.29 is 4.39 Å². The van der Waals surface area contributed by atoms with E-state index in [1.54, 1.807) is 19.3 Å². The van der Waals surface area contributed by atoms with Gasteiger partial charge in [0.05, 0.1) is 11.2 Å². The van der Waals surface area contributed by atoms with Gasteiger partial charge in [-0.05, 0) is 33.6 Å². The topological polar surface area (TPSA) is 43.8 Å². The number of nitrogens with zero attached hydrogens (tertiary/aromatic N) is 2. The van der Waals surface area contributed by atoms with Crippen LogP contribution in [-0.4, -0.2) is 9.78 Å². The van der Waals surface area contributed by atoms with Gasteiger partial charge >= 0.3 is 0 Å². The first-order valence-electron chi connectivity index (χ1n) is 4.43. The van der Waals surface area contributed by atoms with Crippen molar-refractivity contribution >= 4 is 33.3 Å². The molecule has 0 unspecified atom stereocenters. The zero-order valence-electron chi connectivity index (χ0n) is 8.34. The third-order valence-corrected chi connectivity index (χ3v) is 3.52. The van der Waals surface area contributed by atoms with Crippen molar-refractivity contribution in [1.82, 2.24) is 9.78 Å². The Labute approximate surface area is 105 Å². The van der Waals surface area contributed by atoms with Gasteiger partial charge in [0.25, 0.3) is 0 Å².